The first-order chi connectivity index (χ1) is 12.7. The summed E-state index contributed by atoms with van der Waals surface area (Å²) in [5.41, 5.74) is -0.705. The van der Waals surface area contributed by atoms with E-state index in [1.54, 1.807) is 20.8 Å². The zero-order valence-corrected chi connectivity index (χ0v) is 16.3. The molecule has 9 nitrogen and oxygen atoms in total. The van der Waals surface area contributed by atoms with E-state index in [9.17, 15) is 14.4 Å². The van der Waals surface area contributed by atoms with Crippen molar-refractivity contribution >= 4 is 18.2 Å². The van der Waals surface area contributed by atoms with E-state index < -0.39 is 35.9 Å². The molecule has 2 saturated heterocycles. The largest absolute Gasteiger partial charge is 0.467 e. The third kappa shape index (κ3) is 5.12. The molecule has 0 radical (unpaired) electrons. The van der Waals surface area contributed by atoms with E-state index in [4.69, 9.17) is 18.9 Å². The first-order valence-corrected chi connectivity index (χ1v) is 8.89. The monoisotopic (exact) mass is 384 g/mol. The van der Waals surface area contributed by atoms with Crippen molar-refractivity contribution in [2.45, 2.75) is 38.5 Å². The van der Waals surface area contributed by atoms with Crippen molar-refractivity contribution in [2.75, 3.05) is 40.0 Å². The number of carbonyl (C=O) groups is 3. The van der Waals surface area contributed by atoms with Crippen molar-refractivity contribution in [3.05, 3.63) is 12.7 Å². The molecular weight excluding hydrogens is 356 g/mol. The minimum Gasteiger partial charge on any atom is -0.467 e. The highest BCUT2D eigenvalue weighted by Crippen LogP contribution is 2.31. The molecule has 152 valence electrons. The Balaban J connectivity index is 2.18. The van der Waals surface area contributed by atoms with Crippen LogP contribution in [0.1, 0.15) is 20.8 Å². The van der Waals surface area contributed by atoms with Crippen LogP contribution < -0.4 is 0 Å². The zero-order chi connectivity index (χ0) is 20.2. The lowest BCUT2D eigenvalue weighted by molar-refractivity contribution is -0.150. The summed E-state index contributed by atoms with van der Waals surface area (Å²) < 4.78 is 21.2. The molecule has 2 aliphatic heterocycles. The van der Waals surface area contributed by atoms with Crippen LogP contribution in [-0.4, -0.2) is 85.7 Å². The number of carbonyl (C=O) groups excluding carboxylic acids is 3. The van der Waals surface area contributed by atoms with Gasteiger partial charge in [-0.25, -0.2) is 14.4 Å². The summed E-state index contributed by atoms with van der Waals surface area (Å²) in [7, 11) is 1.26. The van der Waals surface area contributed by atoms with Crippen molar-refractivity contribution in [3.63, 3.8) is 0 Å². The van der Waals surface area contributed by atoms with Gasteiger partial charge in [-0.15, -0.1) is 0 Å². The highest BCUT2D eigenvalue weighted by molar-refractivity contribution is 5.83. The van der Waals surface area contributed by atoms with E-state index >= 15 is 0 Å². The highest BCUT2D eigenvalue weighted by Gasteiger charge is 2.52. The molecule has 2 amide bonds. The second kappa shape index (κ2) is 8.60. The molecule has 0 saturated carbocycles. The third-order valence-corrected chi connectivity index (χ3v) is 4.32. The van der Waals surface area contributed by atoms with E-state index in [0.29, 0.717) is 13.1 Å². The normalized spacial score (nSPS) is 25.3. The van der Waals surface area contributed by atoms with Gasteiger partial charge in [0.25, 0.3) is 0 Å². The topological polar surface area (TPSA) is 94.6 Å². The smallest absolute Gasteiger partial charge is 0.411 e. The Morgan fingerprint density at radius 3 is 2.52 bits per heavy atom. The summed E-state index contributed by atoms with van der Waals surface area (Å²) >= 11 is 0. The first-order valence-electron chi connectivity index (χ1n) is 8.89. The van der Waals surface area contributed by atoms with Gasteiger partial charge in [-0.05, 0) is 20.8 Å². The highest BCUT2D eigenvalue weighted by atomic mass is 16.6. The molecule has 2 rings (SSSR count). The van der Waals surface area contributed by atoms with Crippen LogP contribution in [0.4, 0.5) is 9.59 Å². The average Bonchev–Trinajstić information content (AvgIpc) is 2.82. The quantitative estimate of drug-likeness (QED) is 0.413. The number of fused-ring (bicyclic) bond motifs is 1. The average molecular weight is 384 g/mol. The SMILES string of the molecule is C=CCOC(=O)N1CCO[C@@H]2[C@@H](C1)CN(C(=O)OC(C)(C)C)[C@@H]2C(=O)OC. The van der Waals surface area contributed by atoms with E-state index in [2.05, 4.69) is 6.58 Å². The van der Waals surface area contributed by atoms with E-state index in [0.717, 1.165) is 0 Å². The molecule has 0 unspecified atom stereocenters. The molecule has 0 aromatic rings. The van der Waals surface area contributed by atoms with E-state index in [-0.39, 0.29) is 25.7 Å². The van der Waals surface area contributed by atoms with Gasteiger partial charge in [0.05, 0.1) is 19.8 Å². The van der Waals surface area contributed by atoms with Crippen LogP contribution >= 0.6 is 0 Å². The molecule has 9 heteroatoms. The molecule has 2 heterocycles. The summed E-state index contributed by atoms with van der Waals surface area (Å²) in [5.74, 6) is -0.837. The van der Waals surface area contributed by atoms with Gasteiger partial charge < -0.3 is 23.8 Å². The molecular formula is C18H28N2O7. The van der Waals surface area contributed by atoms with Gasteiger partial charge in [-0.2, -0.15) is 0 Å². The number of esters is 1. The first kappa shape index (κ1) is 21.0. The van der Waals surface area contributed by atoms with Gasteiger partial charge in [-0.3, -0.25) is 4.90 Å². The molecule has 27 heavy (non-hydrogen) atoms. The lowest BCUT2D eigenvalue weighted by Gasteiger charge is -2.29. The molecule has 0 aliphatic carbocycles. The fraction of sp³-hybridized carbons (Fsp3) is 0.722. The summed E-state index contributed by atoms with van der Waals surface area (Å²) in [6.45, 7) is 9.95. The lowest BCUT2D eigenvalue weighted by atomic mass is 10.0. The maximum Gasteiger partial charge on any atom is 0.411 e. The summed E-state index contributed by atoms with van der Waals surface area (Å²) in [6.07, 6.45) is -0.190. The van der Waals surface area contributed by atoms with Crippen LogP contribution in [0.5, 0.6) is 0 Å². The lowest BCUT2D eigenvalue weighted by Crippen LogP contribution is -2.48. The predicted molar refractivity (Wildman–Crippen MR) is 95.1 cm³/mol. The second-order valence-corrected chi connectivity index (χ2v) is 7.51. The maximum atomic E-state index is 12.6. The number of nitrogens with zero attached hydrogens (tertiary/aromatic N) is 2. The molecule has 0 bridgehead atoms. The number of amides is 2. The molecule has 0 spiro atoms. The molecule has 0 aromatic carbocycles. The van der Waals surface area contributed by atoms with Gasteiger partial charge in [0.2, 0.25) is 0 Å². The Hall–Kier alpha value is -2.29. The Kier molecular flexibility index (Phi) is 6.69. The van der Waals surface area contributed by atoms with Crippen LogP contribution in [0.2, 0.25) is 0 Å². The van der Waals surface area contributed by atoms with Gasteiger partial charge in [0, 0.05) is 25.6 Å². The Bertz CT molecular complexity index is 587. The minimum absolute atomic E-state index is 0.110. The van der Waals surface area contributed by atoms with Crippen molar-refractivity contribution < 1.29 is 33.3 Å². The van der Waals surface area contributed by atoms with Crippen LogP contribution in [0.3, 0.4) is 0 Å². The summed E-state index contributed by atoms with van der Waals surface area (Å²) in [5, 5.41) is 0. The van der Waals surface area contributed by atoms with Crippen molar-refractivity contribution in [1.82, 2.24) is 9.80 Å². The van der Waals surface area contributed by atoms with Crippen LogP contribution in [0, 0.1) is 5.92 Å². The van der Waals surface area contributed by atoms with E-state index in [1.807, 2.05) is 0 Å². The number of methoxy groups -OCH3 is 1. The van der Waals surface area contributed by atoms with Gasteiger partial charge in [0.1, 0.15) is 12.2 Å². The van der Waals surface area contributed by atoms with Crippen molar-refractivity contribution in [2.24, 2.45) is 5.92 Å². The second-order valence-electron chi connectivity index (χ2n) is 7.51. The molecule has 3 atom stereocenters. The number of likely N-dealkylation sites (tertiary alicyclic amines) is 1. The number of hydrogen-bond acceptors (Lipinski definition) is 7. The van der Waals surface area contributed by atoms with E-state index in [1.165, 1.54) is 23.0 Å². The van der Waals surface area contributed by atoms with Crippen molar-refractivity contribution in [1.29, 1.82) is 0 Å². The number of hydrogen-bond donors (Lipinski definition) is 0. The third-order valence-electron chi connectivity index (χ3n) is 4.32. The zero-order valence-electron chi connectivity index (χ0n) is 16.3. The molecule has 0 N–H and O–H groups in total. The molecule has 2 aliphatic rings. The maximum absolute atomic E-state index is 12.6. The Morgan fingerprint density at radius 1 is 1.22 bits per heavy atom. The number of ether oxygens (including phenoxy) is 4. The standard InChI is InChI=1S/C18H28N2O7/c1-6-8-26-16(22)19-7-9-25-14-12(10-19)11-20(13(14)15(21)24-5)17(23)27-18(2,3)4/h6,12-14H,1,7-11H2,2-5H3/t12-,13-,14+/m0/s1. The van der Waals surface area contributed by atoms with Crippen LogP contribution in [0.15, 0.2) is 12.7 Å². The van der Waals surface area contributed by atoms with Crippen LogP contribution in [-0.2, 0) is 23.7 Å². The van der Waals surface area contributed by atoms with Gasteiger partial charge in [-0.1, -0.05) is 12.7 Å². The number of rotatable bonds is 3. The predicted octanol–water partition coefficient (Wildman–Crippen LogP) is 1.42. The fourth-order valence-corrected chi connectivity index (χ4v) is 3.25. The summed E-state index contributed by atoms with van der Waals surface area (Å²) in [4.78, 5) is 40.0. The summed E-state index contributed by atoms with van der Waals surface area (Å²) in [6, 6.07) is -0.918. The minimum atomic E-state index is -0.918. The van der Waals surface area contributed by atoms with Crippen LogP contribution in [0.25, 0.3) is 0 Å². The molecule has 2 fully saturated rings. The fourth-order valence-electron chi connectivity index (χ4n) is 3.25. The van der Waals surface area contributed by atoms with Crippen molar-refractivity contribution in [3.8, 4) is 0 Å². The molecule has 0 aromatic heterocycles. The Morgan fingerprint density at radius 2 is 1.93 bits per heavy atom. The van der Waals surface area contributed by atoms with Gasteiger partial charge >= 0.3 is 18.2 Å². The Labute approximate surface area is 159 Å². The van der Waals surface area contributed by atoms with Gasteiger partial charge in [0.15, 0.2) is 6.04 Å².